The van der Waals surface area contributed by atoms with E-state index < -0.39 is 17.5 Å². The standard InChI is InChI=1S/C16H18F2N4O2/c1-24-9-15-20-19-10-22(15)12-4-6-21(7-5-12)16(23)13-3-2-11(17)8-14(13)18/h2-3,8,10,12H,4-7,9H2,1H3. The van der Waals surface area contributed by atoms with Crippen molar-refractivity contribution in [2.24, 2.45) is 0 Å². The Bertz CT molecular complexity index is 727. The van der Waals surface area contributed by atoms with Gasteiger partial charge in [0, 0.05) is 32.3 Å². The van der Waals surface area contributed by atoms with Crippen LogP contribution in [-0.2, 0) is 11.3 Å². The normalized spacial score (nSPS) is 15.7. The number of nitrogens with zero attached hydrogens (tertiary/aromatic N) is 4. The zero-order chi connectivity index (χ0) is 17.1. The number of rotatable bonds is 4. The molecule has 1 amide bonds. The molecule has 1 aromatic heterocycles. The Morgan fingerprint density at radius 1 is 1.33 bits per heavy atom. The summed E-state index contributed by atoms with van der Waals surface area (Å²) < 4.78 is 33.8. The summed E-state index contributed by atoms with van der Waals surface area (Å²) in [5.74, 6) is -1.19. The lowest BCUT2D eigenvalue weighted by Crippen LogP contribution is -2.39. The quantitative estimate of drug-likeness (QED) is 0.859. The van der Waals surface area contributed by atoms with Crippen LogP contribution in [-0.4, -0.2) is 45.8 Å². The van der Waals surface area contributed by atoms with Crippen LogP contribution in [0.25, 0.3) is 0 Å². The van der Waals surface area contributed by atoms with E-state index in [1.54, 1.807) is 18.3 Å². The van der Waals surface area contributed by atoms with E-state index in [1.807, 2.05) is 4.57 Å². The van der Waals surface area contributed by atoms with E-state index in [2.05, 4.69) is 10.2 Å². The van der Waals surface area contributed by atoms with Crippen LogP contribution in [0, 0.1) is 11.6 Å². The topological polar surface area (TPSA) is 60.3 Å². The number of likely N-dealkylation sites (tertiary alicyclic amines) is 1. The van der Waals surface area contributed by atoms with Crippen LogP contribution < -0.4 is 0 Å². The highest BCUT2D eigenvalue weighted by Crippen LogP contribution is 2.25. The van der Waals surface area contributed by atoms with Crippen LogP contribution in [0.5, 0.6) is 0 Å². The first kappa shape index (κ1) is 16.5. The van der Waals surface area contributed by atoms with Crippen molar-refractivity contribution in [3.63, 3.8) is 0 Å². The predicted molar refractivity (Wildman–Crippen MR) is 81.3 cm³/mol. The number of amides is 1. The SMILES string of the molecule is COCc1nncn1C1CCN(C(=O)c2ccc(F)cc2F)CC1. The lowest BCUT2D eigenvalue weighted by Gasteiger charge is -2.33. The Hall–Kier alpha value is -2.35. The second-order valence-electron chi connectivity index (χ2n) is 5.73. The van der Waals surface area contributed by atoms with Gasteiger partial charge >= 0.3 is 0 Å². The first-order valence-corrected chi connectivity index (χ1v) is 7.71. The van der Waals surface area contributed by atoms with Gasteiger partial charge < -0.3 is 14.2 Å². The molecule has 2 aromatic rings. The number of halogens is 2. The van der Waals surface area contributed by atoms with E-state index in [4.69, 9.17) is 4.74 Å². The van der Waals surface area contributed by atoms with Crippen molar-refractivity contribution < 1.29 is 18.3 Å². The third kappa shape index (κ3) is 3.28. The van der Waals surface area contributed by atoms with Gasteiger partial charge in [0.15, 0.2) is 5.82 Å². The highest BCUT2D eigenvalue weighted by Gasteiger charge is 2.27. The van der Waals surface area contributed by atoms with Crippen molar-refractivity contribution in [3.05, 3.63) is 47.5 Å². The Morgan fingerprint density at radius 2 is 2.08 bits per heavy atom. The van der Waals surface area contributed by atoms with Crippen molar-refractivity contribution in [3.8, 4) is 0 Å². The van der Waals surface area contributed by atoms with Crippen molar-refractivity contribution >= 4 is 5.91 Å². The molecule has 0 atom stereocenters. The molecule has 0 bridgehead atoms. The molecular formula is C16H18F2N4O2. The van der Waals surface area contributed by atoms with Gasteiger partial charge in [0.2, 0.25) is 0 Å². The van der Waals surface area contributed by atoms with Gasteiger partial charge in [0.05, 0.1) is 5.56 Å². The maximum Gasteiger partial charge on any atom is 0.256 e. The van der Waals surface area contributed by atoms with Gasteiger partial charge in [-0.15, -0.1) is 10.2 Å². The third-order valence-corrected chi connectivity index (χ3v) is 4.23. The fourth-order valence-corrected chi connectivity index (χ4v) is 2.98. The molecular weight excluding hydrogens is 318 g/mol. The number of hydrogen-bond donors (Lipinski definition) is 0. The minimum Gasteiger partial charge on any atom is -0.377 e. The summed E-state index contributed by atoms with van der Waals surface area (Å²) in [5.41, 5.74) is -0.0979. The molecule has 0 unspecified atom stereocenters. The van der Waals surface area contributed by atoms with Crippen LogP contribution >= 0.6 is 0 Å². The van der Waals surface area contributed by atoms with Crippen molar-refractivity contribution in [1.29, 1.82) is 0 Å². The minimum atomic E-state index is -0.830. The number of aromatic nitrogens is 3. The molecule has 0 spiro atoms. The number of methoxy groups -OCH3 is 1. The zero-order valence-electron chi connectivity index (χ0n) is 13.3. The highest BCUT2D eigenvalue weighted by atomic mass is 19.1. The molecule has 1 aliphatic heterocycles. The lowest BCUT2D eigenvalue weighted by atomic mass is 10.0. The van der Waals surface area contributed by atoms with E-state index >= 15 is 0 Å². The molecule has 0 radical (unpaired) electrons. The van der Waals surface area contributed by atoms with E-state index in [0.717, 1.165) is 18.0 Å². The summed E-state index contributed by atoms with van der Waals surface area (Å²) in [5, 5.41) is 7.93. The highest BCUT2D eigenvalue weighted by molar-refractivity contribution is 5.94. The molecule has 24 heavy (non-hydrogen) atoms. The Labute approximate surface area is 138 Å². The van der Waals surface area contributed by atoms with E-state index in [9.17, 15) is 13.6 Å². The Kier molecular flexibility index (Phi) is 4.84. The number of piperidine rings is 1. The van der Waals surface area contributed by atoms with Crippen LogP contribution in [0.15, 0.2) is 24.5 Å². The molecule has 1 aliphatic rings. The van der Waals surface area contributed by atoms with E-state index in [1.165, 1.54) is 6.07 Å². The largest absolute Gasteiger partial charge is 0.377 e. The lowest BCUT2D eigenvalue weighted by molar-refractivity contribution is 0.0685. The maximum absolute atomic E-state index is 13.8. The number of hydrogen-bond acceptors (Lipinski definition) is 4. The molecule has 1 saturated heterocycles. The molecule has 2 heterocycles. The van der Waals surface area contributed by atoms with Gasteiger partial charge in [0.1, 0.15) is 24.6 Å². The molecule has 1 aromatic carbocycles. The maximum atomic E-state index is 13.8. The minimum absolute atomic E-state index is 0.0979. The molecule has 0 aliphatic carbocycles. The summed E-state index contributed by atoms with van der Waals surface area (Å²) in [6.45, 7) is 1.36. The van der Waals surface area contributed by atoms with E-state index in [0.29, 0.717) is 32.5 Å². The smallest absolute Gasteiger partial charge is 0.256 e. The molecule has 8 heteroatoms. The number of carbonyl (C=O) groups is 1. The third-order valence-electron chi connectivity index (χ3n) is 4.23. The fraction of sp³-hybridized carbons (Fsp3) is 0.438. The van der Waals surface area contributed by atoms with Crippen LogP contribution in [0.2, 0.25) is 0 Å². The van der Waals surface area contributed by atoms with Crippen LogP contribution in [0.4, 0.5) is 8.78 Å². The predicted octanol–water partition coefficient (Wildman–Crippen LogP) is 2.18. The van der Waals surface area contributed by atoms with Gasteiger partial charge in [-0.25, -0.2) is 8.78 Å². The van der Waals surface area contributed by atoms with Crippen LogP contribution in [0.3, 0.4) is 0 Å². The zero-order valence-corrected chi connectivity index (χ0v) is 13.3. The summed E-state index contributed by atoms with van der Waals surface area (Å²) in [6.07, 6.45) is 3.09. The summed E-state index contributed by atoms with van der Waals surface area (Å²) >= 11 is 0. The monoisotopic (exact) mass is 336 g/mol. The molecule has 0 saturated carbocycles. The molecule has 0 N–H and O–H groups in total. The number of carbonyl (C=O) groups excluding carboxylic acids is 1. The Balaban J connectivity index is 1.66. The van der Waals surface area contributed by atoms with Gasteiger partial charge in [0.25, 0.3) is 5.91 Å². The number of ether oxygens (including phenoxy) is 1. The van der Waals surface area contributed by atoms with Gasteiger partial charge in [-0.3, -0.25) is 4.79 Å². The molecule has 3 rings (SSSR count). The molecule has 1 fully saturated rings. The summed E-state index contributed by atoms with van der Waals surface area (Å²) in [4.78, 5) is 14.0. The fourth-order valence-electron chi connectivity index (χ4n) is 2.98. The van der Waals surface area contributed by atoms with Gasteiger partial charge in [-0.05, 0) is 25.0 Å². The molecule has 6 nitrogen and oxygen atoms in total. The first-order chi connectivity index (χ1) is 11.6. The summed E-state index contributed by atoms with van der Waals surface area (Å²) in [6, 6.07) is 3.19. The van der Waals surface area contributed by atoms with Gasteiger partial charge in [-0.2, -0.15) is 0 Å². The van der Waals surface area contributed by atoms with Crippen LogP contribution in [0.1, 0.15) is 35.1 Å². The summed E-state index contributed by atoms with van der Waals surface area (Å²) in [7, 11) is 1.59. The Morgan fingerprint density at radius 3 is 2.75 bits per heavy atom. The van der Waals surface area contributed by atoms with E-state index in [-0.39, 0.29) is 11.6 Å². The first-order valence-electron chi connectivity index (χ1n) is 7.71. The average molecular weight is 336 g/mol. The van der Waals surface area contributed by atoms with Crippen molar-refractivity contribution in [2.75, 3.05) is 20.2 Å². The second-order valence-corrected chi connectivity index (χ2v) is 5.73. The van der Waals surface area contributed by atoms with Crippen molar-refractivity contribution in [2.45, 2.75) is 25.5 Å². The average Bonchev–Trinajstić information content (AvgIpc) is 3.03. The number of benzene rings is 1. The molecule has 128 valence electrons. The van der Waals surface area contributed by atoms with Crippen molar-refractivity contribution in [1.82, 2.24) is 19.7 Å². The van der Waals surface area contributed by atoms with Gasteiger partial charge in [-0.1, -0.05) is 0 Å². The second kappa shape index (κ2) is 7.04.